The summed E-state index contributed by atoms with van der Waals surface area (Å²) in [6.07, 6.45) is 2.20. The van der Waals surface area contributed by atoms with Crippen LogP contribution in [0.1, 0.15) is 33.1 Å². The van der Waals surface area contributed by atoms with Crippen LogP contribution in [0.2, 0.25) is 0 Å². The van der Waals surface area contributed by atoms with Gasteiger partial charge < -0.3 is 9.84 Å². The second kappa shape index (κ2) is 13.8. The van der Waals surface area contributed by atoms with Crippen LogP contribution in [-0.4, -0.2) is 109 Å². The van der Waals surface area contributed by atoms with Crippen molar-refractivity contribution in [3.8, 4) is 0 Å². The zero-order valence-electron chi connectivity index (χ0n) is 16.8. The van der Waals surface area contributed by atoms with Crippen molar-refractivity contribution in [2.24, 2.45) is 0 Å². The van der Waals surface area contributed by atoms with Gasteiger partial charge in [0.05, 0.1) is 19.6 Å². The van der Waals surface area contributed by atoms with Crippen LogP contribution in [0.15, 0.2) is 0 Å². The van der Waals surface area contributed by atoms with Crippen molar-refractivity contribution in [2.75, 3.05) is 72.1 Å². The molecule has 156 valence electrons. The molecule has 0 spiro atoms. The molecule has 0 aliphatic carbocycles. The first-order valence-corrected chi connectivity index (χ1v) is 9.88. The molecular weight excluding hydrogens is 350 g/mol. The molecule has 1 N–H and O–H groups in total. The summed E-state index contributed by atoms with van der Waals surface area (Å²) >= 11 is 0. The van der Waals surface area contributed by atoms with Gasteiger partial charge in [0.25, 0.3) is 0 Å². The SMILES string of the molecule is CCCOCCCC(=O)CN1CCN(CC(C)=O)CCN(CC(=O)O)CC1. The lowest BCUT2D eigenvalue weighted by molar-refractivity contribution is -0.138. The first-order valence-electron chi connectivity index (χ1n) is 9.88. The van der Waals surface area contributed by atoms with Crippen LogP contribution in [0.25, 0.3) is 0 Å². The van der Waals surface area contributed by atoms with Gasteiger partial charge in [-0.05, 0) is 19.8 Å². The first-order chi connectivity index (χ1) is 12.9. The predicted octanol–water partition coefficient (Wildman–Crippen LogP) is 0.356. The van der Waals surface area contributed by atoms with E-state index in [-0.39, 0.29) is 18.1 Å². The number of aliphatic carboxylic acids is 1. The molecule has 0 amide bonds. The molecule has 0 unspecified atom stereocenters. The second-order valence-electron chi connectivity index (χ2n) is 7.18. The molecule has 0 radical (unpaired) electrons. The van der Waals surface area contributed by atoms with E-state index in [9.17, 15) is 14.4 Å². The van der Waals surface area contributed by atoms with Gasteiger partial charge in [-0.1, -0.05) is 6.92 Å². The molecule has 8 heteroatoms. The molecule has 1 aliphatic heterocycles. The van der Waals surface area contributed by atoms with Crippen molar-refractivity contribution in [3.63, 3.8) is 0 Å². The van der Waals surface area contributed by atoms with Crippen molar-refractivity contribution in [1.82, 2.24) is 14.7 Å². The fourth-order valence-electron chi connectivity index (χ4n) is 3.11. The summed E-state index contributed by atoms with van der Waals surface area (Å²) in [5.74, 6) is -0.590. The highest BCUT2D eigenvalue weighted by Crippen LogP contribution is 2.03. The number of carboxylic acid groups (broad SMARTS) is 1. The Balaban J connectivity index is 2.54. The Labute approximate surface area is 162 Å². The summed E-state index contributed by atoms with van der Waals surface area (Å²) in [7, 11) is 0. The lowest BCUT2D eigenvalue weighted by atomic mass is 10.2. The first kappa shape index (κ1) is 23.7. The van der Waals surface area contributed by atoms with Gasteiger partial charge in [0, 0.05) is 58.9 Å². The largest absolute Gasteiger partial charge is 0.480 e. The highest BCUT2D eigenvalue weighted by molar-refractivity contribution is 5.80. The zero-order chi connectivity index (χ0) is 20.1. The number of ether oxygens (including phenoxy) is 1. The van der Waals surface area contributed by atoms with Crippen molar-refractivity contribution in [3.05, 3.63) is 0 Å². The Bertz CT molecular complexity index is 444. The van der Waals surface area contributed by atoms with E-state index in [0.717, 1.165) is 19.4 Å². The molecular formula is C19H35N3O5. The number of carbonyl (C=O) groups excluding carboxylic acids is 2. The maximum atomic E-state index is 12.3. The number of ketones is 2. The van der Waals surface area contributed by atoms with Crippen molar-refractivity contribution in [1.29, 1.82) is 0 Å². The van der Waals surface area contributed by atoms with Gasteiger partial charge in [-0.3, -0.25) is 29.1 Å². The molecule has 1 fully saturated rings. The quantitative estimate of drug-likeness (QED) is 0.482. The summed E-state index contributed by atoms with van der Waals surface area (Å²) in [6, 6.07) is 0. The molecule has 0 aromatic rings. The van der Waals surface area contributed by atoms with Crippen LogP contribution >= 0.6 is 0 Å². The third-order valence-electron chi connectivity index (χ3n) is 4.50. The van der Waals surface area contributed by atoms with Gasteiger partial charge in [0.2, 0.25) is 0 Å². The van der Waals surface area contributed by atoms with Gasteiger partial charge in [-0.2, -0.15) is 0 Å². The van der Waals surface area contributed by atoms with Crippen molar-refractivity contribution in [2.45, 2.75) is 33.1 Å². The van der Waals surface area contributed by atoms with Crippen LogP contribution in [0, 0.1) is 0 Å². The summed E-state index contributed by atoms with van der Waals surface area (Å²) < 4.78 is 5.41. The van der Waals surface area contributed by atoms with Gasteiger partial charge in [0.15, 0.2) is 0 Å². The molecule has 27 heavy (non-hydrogen) atoms. The van der Waals surface area contributed by atoms with Crippen molar-refractivity contribution < 1.29 is 24.2 Å². The van der Waals surface area contributed by atoms with Gasteiger partial charge >= 0.3 is 5.97 Å². The fourth-order valence-corrected chi connectivity index (χ4v) is 3.11. The second-order valence-corrected chi connectivity index (χ2v) is 7.18. The summed E-state index contributed by atoms with van der Waals surface area (Å²) in [4.78, 5) is 40.8. The lowest BCUT2D eigenvalue weighted by Gasteiger charge is -2.24. The van der Waals surface area contributed by atoms with Gasteiger partial charge in [0.1, 0.15) is 11.6 Å². The normalized spacial score (nSPS) is 17.9. The van der Waals surface area contributed by atoms with Gasteiger partial charge in [-0.25, -0.2) is 0 Å². The predicted molar refractivity (Wildman–Crippen MR) is 103 cm³/mol. The molecule has 0 aromatic heterocycles. The Kier molecular flexibility index (Phi) is 12.1. The van der Waals surface area contributed by atoms with Crippen LogP contribution in [0.4, 0.5) is 0 Å². The Morgan fingerprint density at radius 3 is 1.85 bits per heavy atom. The van der Waals surface area contributed by atoms with E-state index >= 15 is 0 Å². The number of hydrogen-bond donors (Lipinski definition) is 1. The fraction of sp³-hybridized carbons (Fsp3) is 0.842. The van der Waals surface area contributed by atoms with E-state index in [1.165, 1.54) is 0 Å². The van der Waals surface area contributed by atoms with E-state index in [1.807, 2.05) is 9.80 Å². The number of nitrogens with zero attached hydrogens (tertiary/aromatic N) is 3. The average Bonchev–Trinajstić information content (AvgIpc) is 2.67. The number of carbonyl (C=O) groups is 3. The third kappa shape index (κ3) is 11.9. The standard InChI is InChI=1S/C19H35N3O5/c1-3-12-27-13-4-5-18(24)15-21-8-6-20(14-17(2)23)7-10-22(11-9-21)16-19(25)26/h3-16H2,1-2H3,(H,25,26). The number of rotatable bonds is 12. The average molecular weight is 386 g/mol. The summed E-state index contributed by atoms with van der Waals surface area (Å²) in [6.45, 7) is 9.57. The molecule has 0 saturated carbocycles. The minimum Gasteiger partial charge on any atom is -0.480 e. The van der Waals surface area contributed by atoms with Crippen LogP contribution in [0.3, 0.4) is 0 Å². The Morgan fingerprint density at radius 1 is 0.852 bits per heavy atom. The number of hydrogen-bond acceptors (Lipinski definition) is 7. The maximum Gasteiger partial charge on any atom is 0.317 e. The lowest BCUT2D eigenvalue weighted by Crippen LogP contribution is -2.40. The minimum absolute atomic E-state index is 0.0233. The van der Waals surface area contributed by atoms with Crippen LogP contribution in [-0.2, 0) is 19.1 Å². The van der Waals surface area contributed by atoms with E-state index in [1.54, 1.807) is 6.92 Å². The van der Waals surface area contributed by atoms with Crippen molar-refractivity contribution >= 4 is 17.5 Å². The highest BCUT2D eigenvalue weighted by Gasteiger charge is 2.19. The third-order valence-corrected chi connectivity index (χ3v) is 4.50. The molecule has 0 aromatic carbocycles. The zero-order valence-corrected chi connectivity index (χ0v) is 16.8. The van der Waals surface area contributed by atoms with Crippen LogP contribution in [0.5, 0.6) is 0 Å². The molecule has 1 aliphatic rings. The minimum atomic E-state index is -0.859. The highest BCUT2D eigenvalue weighted by atomic mass is 16.5. The van der Waals surface area contributed by atoms with Crippen LogP contribution < -0.4 is 0 Å². The monoisotopic (exact) mass is 385 g/mol. The smallest absolute Gasteiger partial charge is 0.317 e. The summed E-state index contributed by atoms with van der Waals surface area (Å²) in [5.41, 5.74) is 0. The molecule has 1 rings (SSSR count). The number of carboxylic acids is 1. The van der Waals surface area contributed by atoms with E-state index in [4.69, 9.17) is 9.84 Å². The van der Waals surface area contributed by atoms with E-state index in [0.29, 0.717) is 65.4 Å². The molecule has 8 nitrogen and oxygen atoms in total. The maximum absolute atomic E-state index is 12.3. The topological polar surface area (TPSA) is 90.4 Å². The molecule has 0 atom stereocenters. The molecule has 1 heterocycles. The van der Waals surface area contributed by atoms with Gasteiger partial charge in [-0.15, -0.1) is 0 Å². The van der Waals surface area contributed by atoms with E-state index in [2.05, 4.69) is 11.8 Å². The summed E-state index contributed by atoms with van der Waals surface area (Å²) in [5, 5.41) is 9.09. The Morgan fingerprint density at radius 2 is 1.37 bits per heavy atom. The van der Waals surface area contributed by atoms with E-state index < -0.39 is 5.97 Å². The molecule has 1 saturated heterocycles. The number of Topliss-reactive ketones (excluding diaryl/α,β-unsaturated/α-hetero) is 2. The Hall–Kier alpha value is -1.35. The molecule has 0 bridgehead atoms.